The van der Waals surface area contributed by atoms with Gasteiger partial charge in [-0.25, -0.2) is 0 Å². The molecule has 0 bridgehead atoms. The van der Waals surface area contributed by atoms with Crippen LogP contribution in [0.3, 0.4) is 0 Å². The smallest absolute Gasteiger partial charge is 0.261 e. The Morgan fingerprint density at radius 2 is 1.77 bits per heavy atom. The summed E-state index contributed by atoms with van der Waals surface area (Å²) in [6, 6.07) is 14.8. The van der Waals surface area contributed by atoms with Crippen molar-refractivity contribution in [3.8, 4) is 5.75 Å². The van der Waals surface area contributed by atoms with E-state index >= 15 is 0 Å². The van der Waals surface area contributed by atoms with E-state index in [1.165, 1.54) is 5.56 Å². The molecule has 0 heterocycles. The third-order valence-corrected chi connectivity index (χ3v) is 5.09. The van der Waals surface area contributed by atoms with Crippen molar-refractivity contribution in [2.24, 2.45) is 0 Å². The van der Waals surface area contributed by atoms with E-state index in [0.717, 1.165) is 16.5 Å². The van der Waals surface area contributed by atoms with E-state index in [2.05, 4.69) is 28.2 Å². The van der Waals surface area contributed by atoms with Gasteiger partial charge in [-0.15, -0.1) is 0 Å². The number of hydrogen-bond acceptors (Lipinski definition) is 3. The number of amides is 2. The molecule has 2 rings (SSSR count). The number of benzene rings is 2. The molecule has 0 radical (unpaired) electrons. The quantitative estimate of drug-likeness (QED) is 0.601. The third-order valence-electron chi connectivity index (χ3n) is 4.60. The van der Waals surface area contributed by atoms with Crippen molar-refractivity contribution in [2.45, 2.75) is 59.2 Å². The van der Waals surface area contributed by atoms with Crippen molar-refractivity contribution in [2.75, 3.05) is 6.61 Å². The molecule has 0 saturated carbocycles. The van der Waals surface area contributed by atoms with Crippen LogP contribution in [0.4, 0.5) is 0 Å². The molecule has 0 fully saturated rings. The number of ether oxygens (including phenoxy) is 1. The second-order valence-corrected chi connectivity index (χ2v) is 9.27. The molecular weight excluding hydrogens is 444 g/mol. The van der Waals surface area contributed by atoms with E-state index in [1.807, 2.05) is 69.3 Å². The number of nitrogens with zero attached hydrogens (tertiary/aromatic N) is 1. The summed E-state index contributed by atoms with van der Waals surface area (Å²) in [5, 5.41) is 2.95. The van der Waals surface area contributed by atoms with E-state index in [1.54, 1.807) is 11.8 Å². The Balaban J connectivity index is 2.15. The minimum absolute atomic E-state index is 0.132. The Labute approximate surface area is 187 Å². The van der Waals surface area contributed by atoms with Crippen LogP contribution in [-0.2, 0) is 22.6 Å². The van der Waals surface area contributed by atoms with Crippen molar-refractivity contribution in [1.82, 2.24) is 10.2 Å². The largest absolute Gasteiger partial charge is 0.484 e. The molecule has 162 valence electrons. The summed E-state index contributed by atoms with van der Waals surface area (Å²) in [6.07, 6.45) is 0.944. The van der Waals surface area contributed by atoms with Gasteiger partial charge < -0.3 is 15.0 Å². The molecule has 0 saturated heterocycles. The summed E-state index contributed by atoms with van der Waals surface area (Å²) in [5.41, 5.74) is 1.76. The molecule has 2 aromatic rings. The molecule has 1 atom stereocenters. The van der Waals surface area contributed by atoms with E-state index in [-0.39, 0.29) is 24.0 Å². The topological polar surface area (TPSA) is 58.6 Å². The lowest BCUT2D eigenvalue weighted by Gasteiger charge is -2.31. The summed E-state index contributed by atoms with van der Waals surface area (Å²) in [6.45, 7) is 9.77. The summed E-state index contributed by atoms with van der Waals surface area (Å²) < 4.78 is 6.63. The highest BCUT2D eigenvalue weighted by atomic mass is 79.9. The predicted molar refractivity (Wildman–Crippen MR) is 123 cm³/mol. The summed E-state index contributed by atoms with van der Waals surface area (Å²) in [5.74, 6) is 0.194. The maximum Gasteiger partial charge on any atom is 0.261 e. The first-order chi connectivity index (χ1) is 14.1. The van der Waals surface area contributed by atoms with Crippen LogP contribution in [0.2, 0.25) is 0 Å². The molecule has 0 aliphatic rings. The van der Waals surface area contributed by atoms with Crippen LogP contribution in [0, 0.1) is 0 Å². The molecule has 1 unspecified atom stereocenters. The fourth-order valence-corrected chi connectivity index (χ4v) is 3.38. The van der Waals surface area contributed by atoms with Crippen LogP contribution in [-0.4, -0.2) is 34.9 Å². The molecule has 2 amide bonds. The van der Waals surface area contributed by atoms with Crippen LogP contribution in [0.15, 0.2) is 53.0 Å². The van der Waals surface area contributed by atoms with Gasteiger partial charge >= 0.3 is 0 Å². The highest BCUT2D eigenvalue weighted by Crippen LogP contribution is 2.17. The lowest BCUT2D eigenvalue weighted by Crippen LogP contribution is -2.53. The number of carbonyl (C=O) groups is 2. The lowest BCUT2D eigenvalue weighted by molar-refractivity contribution is -0.142. The van der Waals surface area contributed by atoms with Gasteiger partial charge in [-0.3, -0.25) is 9.59 Å². The van der Waals surface area contributed by atoms with Gasteiger partial charge in [0.25, 0.3) is 5.91 Å². The molecule has 0 spiro atoms. The predicted octanol–water partition coefficient (Wildman–Crippen LogP) is 4.72. The molecule has 1 N–H and O–H groups in total. The molecule has 0 aliphatic heterocycles. The van der Waals surface area contributed by atoms with Gasteiger partial charge in [0.15, 0.2) is 6.61 Å². The normalized spacial score (nSPS) is 12.2. The van der Waals surface area contributed by atoms with Crippen molar-refractivity contribution >= 4 is 27.7 Å². The van der Waals surface area contributed by atoms with E-state index in [0.29, 0.717) is 12.3 Å². The van der Waals surface area contributed by atoms with Crippen LogP contribution < -0.4 is 10.1 Å². The number of carbonyl (C=O) groups excluding carboxylic acids is 2. The van der Waals surface area contributed by atoms with Gasteiger partial charge in [-0.05, 0) is 69.5 Å². The highest BCUT2D eigenvalue weighted by Gasteiger charge is 2.28. The molecular formula is C24H31BrN2O3. The molecule has 6 heteroatoms. The second-order valence-electron chi connectivity index (χ2n) is 8.35. The minimum atomic E-state index is -0.637. The molecule has 0 aromatic heterocycles. The van der Waals surface area contributed by atoms with Gasteiger partial charge in [0, 0.05) is 16.6 Å². The average Bonchev–Trinajstić information content (AvgIpc) is 2.69. The van der Waals surface area contributed by atoms with Crippen molar-refractivity contribution in [1.29, 1.82) is 0 Å². The Kier molecular flexibility index (Phi) is 8.47. The number of rotatable bonds is 8. The Bertz CT molecular complexity index is 859. The van der Waals surface area contributed by atoms with E-state index < -0.39 is 6.04 Å². The lowest BCUT2D eigenvalue weighted by atomic mass is 10.1. The first kappa shape index (κ1) is 23.9. The molecule has 0 aliphatic carbocycles. The molecule has 2 aromatic carbocycles. The van der Waals surface area contributed by atoms with Gasteiger partial charge in [-0.1, -0.05) is 47.1 Å². The van der Waals surface area contributed by atoms with Crippen molar-refractivity contribution < 1.29 is 14.3 Å². The number of halogens is 1. The minimum Gasteiger partial charge on any atom is -0.484 e. The maximum atomic E-state index is 13.0. The standard InChI is InChI=1S/C24H31BrN2O3/c1-6-18-10-12-21(13-11-18)30-16-22(28)27(15-19-8-7-9-20(25)14-19)17(2)23(29)26-24(3,4)5/h7-14,17H,6,15-16H2,1-5H3,(H,26,29). The molecule has 5 nitrogen and oxygen atoms in total. The van der Waals surface area contributed by atoms with Crippen LogP contribution in [0.5, 0.6) is 5.75 Å². The summed E-state index contributed by atoms with van der Waals surface area (Å²) in [7, 11) is 0. The SMILES string of the molecule is CCc1ccc(OCC(=O)N(Cc2cccc(Br)c2)C(C)C(=O)NC(C)(C)C)cc1. The maximum absolute atomic E-state index is 13.0. The zero-order valence-electron chi connectivity index (χ0n) is 18.4. The van der Waals surface area contributed by atoms with Crippen molar-refractivity contribution in [3.05, 3.63) is 64.1 Å². The summed E-state index contributed by atoms with van der Waals surface area (Å²) in [4.78, 5) is 27.4. The Morgan fingerprint density at radius 3 is 2.33 bits per heavy atom. The van der Waals surface area contributed by atoms with Gasteiger partial charge in [-0.2, -0.15) is 0 Å². The van der Waals surface area contributed by atoms with Crippen LogP contribution in [0.1, 0.15) is 45.7 Å². The Hall–Kier alpha value is -2.34. The highest BCUT2D eigenvalue weighted by molar-refractivity contribution is 9.10. The van der Waals surface area contributed by atoms with Gasteiger partial charge in [0.05, 0.1) is 0 Å². The fraction of sp³-hybridized carbons (Fsp3) is 0.417. The monoisotopic (exact) mass is 474 g/mol. The number of hydrogen-bond donors (Lipinski definition) is 1. The number of nitrogens with one attached hydrogen (secondary N) is 1. The van der Waals surface area contributed by atoms with Gasteiger partial charge in [0.1, 0.15) is 11.8 Å². The van der Waals surface area contributed by atoms with Crippen molar-refractivity contribution in [3.63, 3.8) is 0 Å². The summed E-state index contributed by atoms with van der Waals surface area (Å²) >= 11 is 3.46. The van der Waals surface area contributed by atoms with Crippen LogP contribution in [0.25, 0.3) is 0 Å². The van der Waals surface area contributed by atoms with E-state index in [9.17, 15) is 9.59 Å². The van der Waals surface area contributed by atoms with Crippen LogP contribution >= 0.6 is 15.9 Å². The fourth-order valence-electron chi connectivity index (χ4n) is 2.94. The second kappa shape index (κ2) is 10.6. The third kappa shape index (κ3) is 7.48. The first-order valence-corrected chi connectivity index (χ1v) is 11.0. The van der Waals surface area contributed by atoms with E-state index in [4.69, 9.17) is 4.74 Å². The Morgan fingerprint density at radius 1 is 1.10 bits per heavy atom. The number of aryl methyl sites for hydroxylation is 1. The zero-order valence-corrected chi connectivity index (χ0v) is 20.0. The first-order valence-electron chi connectivity index (χ1n) is 10.2. The zero-order chi connectivity index (χ0) is 22.3. The van der Waals surface area contributed by atoms with Gasteiger partial charge in [0.2, 0.25) is 5.91 Å². The average molecular weight is 475 g/mol. The molecule has 30 heavy (non-hydrogen) atoms.